The highest BCUT2D eigenvalue weighted by Crippen LogP contribution is 2.32. The monoisotopic (exact) mass is 468 g/mol. The van der Waals surface area contributed by atoms with Crippen molar-refractivity contribution in [3.8, 4) is 11.5 Å². The summed E-state index contributed by atoms with van der Waals surface area (Å²) in [6.07, 6.45) is 1.81. The maximum Gasteiger partial charge on any atom is 0.231 e. The molecule has 0 saturated carbocycles. The Balaban J connectivity index is 0.00000243. The number of benzene rings is 1. The van der Waals surface area contributed by atoms with Crippen LogP contribution in [0.1, 0.15) is 23.7 Å². The lowest BCUT2D eigenvalue weighted by molar-refractivity contribution is 0.174. The molecule has 140 valence electrons. The summed E-state index contributed by atoms with van der Waals surface area (Å²) in [6, 6.07) is 10.0. The molecular formula is C19H25IN4O2. The van der Waals surface area contributed by atoms with Crippen LogP contribution >= 0.6 is 24.0 Å². The summed E-state index contributed by atoms with van der Waals surface area (Å²) in [5.41, 5.74) is 3.29. The van der Waals surface area contributed by atoms with Gasteiger partial charge in [-0.3, -0.25) is 4.98 Å². The number of aromatic nitrogens is 1. The normalized spacial score (nSPS) is 12.5. The molecule has 0 saturated heterocycles. The number of halogens is 1. The molecule has 0 unspecified atom stereocenters. The van der Waals surface area contributed by atoms with Crippen molar-refractivity contribution in [2.45, 2.75) is 26.9 Å². The molecule has 0 atom stereocenters. The van der Waals surface area contributed by atoms with Gasteiger partial charge in [0.05, 0.1) is 12.2 Å². The number of aryl methyl sites for hydroxylation is 1. The van der Waals surface area contributed by atoms with Crippen LogP contribution in [0.25, 0.3) is 0 Å². The fourth-order valence-corrected chi connectivity index (χ4v) is 2.69. The Morgan fingerprint density at radius 2 is 2.08 bits per heavy atom. The standard InChI is InChI=1S/C19H24N4O2.HI/c1-4-20-19(22-11-16-14(2)6-5-9-21-16)23(3)12-15-7-8-17-18(10-15)25-13-24-17;/h5-10H,4,11-13H2,1-3H3,(H,20,22);1H. The van der Waals surface area contributed by atoms with E-state index in [4.69, 9.17) is 14.5 Å². The number of hydrogen-bond donors (Lipinski definition) is 1. The average Bonchev–Trinajstić information content (AvgIpc) is 3.07. The minimum Gasteiger partial charge on any atom is -0.454 e. The number of rotatable bonds is 5. The van der Waals surface area contributed by atoms with E-state index in [1.54, 1.807) is 6.20 Å². The average molecular weight is 468 g/mol. The summed E-state index contributed by atoms with van der Waals surface area (Å²) in [4.78, 5) is 11.2. The van der Waals surface area contributed by atoms with E-state index >= 15 is 0 Å². The Kier molecular flexibility index (Phi) is 7.50. The van der Waals surface area contributed by atoms with E-state index in [2.05, 4.69) is 41.2 Å². The molecule has 0 aliphatic carbocycles. The molecule has 3 rings (SSSR count). The van der Waals surface area contributed by atoms with Crippen molar-refractivity contribution in [3.63, 3.8) is 0 Å². The van der Waals surface area contributed by atoms with Gasteiger partial charge in [-0.2, -0.15) is 0 Å². The summed E-state index contributed by atoms with van der Waals surface area (Å²) in [5.74, 6) is 2.46. The van der Waals surface area contributed by atoms with Gasteiger partial charge in [0.2, 0.25) is 6.79 Å². The Morgan fingerprint density at radius 3 is 2.85 bits per heavy atom. The molecule has 1 N–H and O–H groups in total. The van der Waals surface area contributed by atoms with Crippen LogP contribution in [0.2, 0.25) is 0 Å². The first-order chi connectivity index (χ1) is 12.2. The van der Waals surface area contributed by atoms with Gasteiger partial charge in [-0.1, -0.05) is 12.1 Å². The highest BCUT2D eigenvalue weighted by atomic mass is 127. The van der Waals surface area contributed by atoms with Crippen molar-refractivity contribution >= 4 is 29.9 Å². The lowest BCUT2D eigenvalue weighted by Gasteiger charge is -2.22. The van der Waals surface area contributed by atoms with Crippen LogP contribution in [-0.4, -0.2) is 36.2 Å². The maximum atomic E-state index is 5.45. The van der Waals surface area contributed by atoms with Crippen molar-refractivity contribution in [2.24, 2.45) is 4.99 Å². The predicted octanol–water partition coefficient (Wildman–Crippen LogP) is 3.33. The molecule has 1 aliphatic heterocycles. The third kappa shape index (κ3) is 5.00. The molecule has 1 aromatic carbocycles. The maximum absolute atomic E-state index is 5.45. The molecule has 1 aromatic heterocycles. The van der Waals surface area contributed by atoms with E-state index in [1.807, 2.05) is 25.2 Å². The number of pyridine rings is 1. The number of aliphatic imine (C=N–C) groups is 1. The Labute approximate surface area is 171 Å². The van der Waals surface area contributed by atoms with Gasteiger partial charge >= 0.3 is 0 Å². The summed E-state index contributed by atoms with van der Waals surface area (Å²) in [7, 11) is 2.03. The molecular weight excluding hydrogens is 443 g/mol. The molecule has 0 fully saturated rings. The summed E-state index contributed by atoms with van der Waals surface area (Å²) in [6.45, 7) is 6.51. The minimum atomic E-state index is 0. The van der Waals surface area contributed by atoms with Gasteiger partial charge in [-0.25, -0.2) is 4.99 Å². The van der Waals surface area contributed by atoms with Gasteiger partial charge in [-0.15, -0.1) is 24.0 Å². The number of nitrogens with one attached hydrogen (secondary N) is 1. The van der Waals surface area contributed by atoms with Crippen molar-refractivity contribution in [2.75, 3.05) is 20.4 Å². The van der Waals surface area contributed by atoms with Crippen molar-refractivity contribution in [3.05, 3.63) is 53.3 Å². The van der Waals surface area contributed by atoms with Crippen LogP contribution < -0.4 is 14.8 Å². The molecule has 0 amide bonds. The summed E-state index contributed by atoms with van der Waals surface area (Å²) in [5, 5.41) is 3.34. The van der Waals surface area contributed by atoms with E-state index in [1.165, 1.54) is 0 Å². The topological polar surface area (TPSA) is 59.0 Å². The molecule has 6 nitrogen and oxygen atoms in total. The Hall–Kier alpha value is -2.03. The van der Waals surface area contributed by atoms with E-state index in [9.17, 15) is 0 Å². The van der Waals surface area contributed by atoms with Crippen LogP contribution in [0.5, 0.6) is 11.5 Å². The van der Waals surface area contributed by atoms with Gasteiger partial charge in [-0.05, 0) is 43.2 Å². The summed E-state index contributed by atoms with van der Waals surface area (Å²) < 4.78 is 10.8. The van der Waals surface area contributed by atoms with Crippen LogP contribution in [0.15, 0.2) is 41.5 Å². The lowest BCUT2D eigenvalue weighted by atomic mass is 10.2. The van der Waals surface area contributed by atoms with E-state index in [0.29, 0.717) is 13.3 Å². The summed E-state index contributed by atoms with van der Waals surface area (Å²) >= 11 is 0. The quantitative estimate of drug-likeness (QED) is 0.415. The number of fused-ring (bicyclic) bond motifs is 1. The fourth-order valence-electron chi connectivity index (χ4n) is 2.69. The third-order valence-electron chi connectivity index (χ3n) is 4.05. The third-order valence-corrected chi connectivity index (χ3v) is 4.05. The minimum absolute atomic E-state index is 0. The highest BCUT2D eigenvalue weighted by Gasteiger charge is 2.14. The van der Waals surface area contributed by atoms with Crippen LogP contribution in [0.4, 0.5) is 0 Å². The number of nitrogens with zero attached hydrogens (tertiary/aromatic N) is 3. The molecule has 0 bridgehead atoms. The SMILES string of the molecule is CCNC(=NCc1ncccc1C)N(C)Cc1ccc2c(c1)OCO2.I. The van der Waals surface area contributed by atoms with Crippen LogP contribution in [-0.2, 0) is 13.1 Å². The van der Waals surface area contributed by atoms with Crippen LogP contribution in [0, 0.1) is 6.92 Å². The van der Waals surface area contributed by atoms with Gasteiger partial charge in [0.25, 0.3) is 0 Å². The molecule has 2 aromatic rings. The van der Waals surface area contributed by atoms with Crippen molar-refractivity contribution < 1.29 is 9.47 Å². The smallest absolute Gasteiger partial charge is 0.231 e. The number of ether oxygens (including phenoxy) is 2. The van der Waals surface area contributed by atoms with Gasteiger partial charge in [0, 0.05) is 26.3 Å². The first-order valence-corrected chi connectivity index (χ1v) is 8.46. The molecule has 0 radical (unpaired) electrons. The van der Waals surface area contributed by atoms with Crippen molar-refractivity contribution in [1.29, 1.82) is 0 Å². The second kappa shape index (κ2) is 9.61. The first-order valence-electron chi connectivity index (χ1n) is 8.46. The molecule has 7 heteroatoms. The number of guanidine groups is 1. The Bertz CT molecular complexity index is 767. The predicted molar refractivity (Wildman–Crippen MR) is 113 cm³/mol. The molecule has 2 heterocycles. The molecule has 26 heavy (non-hydrogen) atoms. The molecule has 1 aliphatic rings. The van der Waals surface area contributed by atoms with Crippen molar-refractivity contribution in [1.82, 2.24) is 15.2 Å². The zero-order valence-electron chi connectivity index (χ0n) is 15.4. The Morgan fingerprint density at radius 1 is 1.27 bits per heavy atom. The zero-order chi connectivity index (χ0) is 17.6. The second-order valence-corrected chi connectivity index (χ2v) is 5.98. The van der Waals surface area contributed by atoms with Gasteiger partial charge in [0.1, 0.15) is 0 Å². The molecule has 0 spiro atoms. The fraction of sp³-hybridized carbons (Fsp3) is 0.368. The van der Waals surface area contributed by atoms with Gasteiger partial charge in [0.15, 0.2) is 17.5 Å². The van der Waals surface area contributed by atoms with E-state index in [-0.39, 0.29) is 24.0 Å². The first kappa shape index (κ1) is 20.3. The zero-order valence-corrected chi connectivity index (χ0v) is 17.7. The second-order valence-electron chi connectivity index (χ2n) is 5.98. The van der Waals surface area contributed by atoms with E-state index in [0.717, 1.165) is 47.4 Å². The lowest BCUT2D eigenvalue weighted by Crippen LogP contribution is -2.38. The number of hydrogen-bond acceptors (Lipinski definition) is 4. The highest BCUT2D eigenvalue weighted by molar-refractivity contribution is 14.0. The largest absolute Gasteiger partial charge is 0.454 e. The van der Waals surface area contributed by atoms with E-state index < -0.39 is 0 Å². The van der Waals surface area contributed by atoms with Gasteiger partial charge < -0.3 is 19.7 Å². The van der Waals surface area contributed by atoms with Crippen LogP contribution in [0.3, 0.4) is 0 Å².